The number of hydrogen-bond donors (Lipinski definition) is 0. The SMILES string of the molecule is COC(=O)/C=C/C1=CCC=C1. The van der Waals surface area contributed by atoms with Gasteiger partial charge in [-0.25, -0.2) is 4.79 Å². The van der Waals surface area contributed by atoms with Crippen molar-refractivity contribution in [1.82, 2.24) is 0 Å². The zero-order valence-electron chi connectivity index (χ0n) is 6.41. The van der Waals surface area contributed by atoms with Crippen LogP contribution in [0.4, 0.5) is 0 Å². The Morgan fingerprint density at radius 1 is 1.73 bits per heavy atom. The lowest BCUT2D eigenvalue weighted by Gasteiger charge is -1.88. The molecule has 1 rings (SSSR count). The monoisotopic (exact) mass is 150 g/mol. The van der Waals surface area contributed by atoms with Gasteiger partial charge in [-0.1, -0.05) is 18.2 Å². The fourth-order valence-corrected chi connectivity index (χ4v) is 0.832. The fourth-order valence-electron chi connectivity index (χ4n) is 0.832. The molecule has 0 aromatic heterocycles. The zero-order valence-corrected chi connectivity index (χ0v) is 6.41. The van der Waals surface area contributed by atoms with Crippen LogP contribution in [0.3, 0.4) is 0 Å². The van der Waals surface area contributed by atoms with Gasteiger partial charge in [-0.3, -0.25) is 0 Å². The van der Waals surface area contributed by atoms with Crippen molar-refractivity contribution in [2.45, 2.75) is 6.42 Å². The van der Waals surface area contributed by atoms with Crippen LogP contribution in [-0.2, 0) is 9.53 Å². The van der Waals surface area contributed by atoms with E-state index in [9.17, 15) is 4.79 Å². The predicted octanol–water partition coefficient (Wildman–Crippen LogP) is 1.60. The lowest BCUT2D eigenvalue weighted by atomic mass is 10.3. The van der Waals surface area contributed by atoms with Crippen LogP contribution in [0.5, 0.6) is 0 Å². The van der Waals surface area contributed by atoms with Crippen molar-refractivity contribution in [3.8, 4) is 0 Å². The van der Waals surface area contributed by atoms with E-state index in [1.807, 2.05) is 18.2 Å². The second-order valence-corrected chi connectivity index (χ2v) is 2.20. The smallest absolute Gasteiger partial charge is 0.330 e. The van der Waals surface area contributed by atoms with Crippen LogP contribution in [0.25, 0.3) is 0 Å². The first-order valence-corrected chi connectivity index (χ1v) is 3.45. The fraction of sp³-hybridized carbons (Fsp3) is 0.222. The molecule has 0 aliphatic heterocycles. The number of allylic oxidation sites excluding steroid dienone is 5. The predicted molar refractivity (Wildman–Crippen MR) is 43.0 cm³/mol. The molecule has 1 aliphatic rings. The average molecular weight is 150 g/mol. The molecule has 2 heteroatoms. The number of esters is 1. The van der Waals surface area contributed by atoms with Crippen molar-refractivity contribution < 1.29 is 9.53 Å². The summed E-state index contributed by atoms with van der Waals surface area (Å²) in [5.74, 6) is -0.314. The molecule has 0 bridgehead atoms. The molecule has 2 nitrogen and oxygen atoms in total. The molecule has 0 N–H and O–H groups in total. The van der Waals surface area contributed by atoms with Gasteiger partial charge >= 0.3 is 5.97 Å². The Morgan fingerprint density at radius 2 is 2.55 bits per heavy atom. The summed E-state index contributed by atoms with van der Waals surface area (Å²) in [5.41, 5.74) is 1.07. The molecule has 0 aromatic rings. The quantitative estimate of drug-likeness (QED) is 0.441. The molecule has 0 unspecified atom stereocenters. The second-order valence-electron chi connectivity index (χ2n) is 2.20. The maximum absolute atomic E-state index is 10.6. The van der Waals surface area contributed by atoms with Crippen LogP contribution < -0.4 is 0 Å². The zero-order chi connectivity index (χ0) is 8.10. The number of ether oxygens (including phenoxy) is 1. The second kappa shape index (κ2) is 3.76. The Labute approximate surface area is 65.9 Å². The third kappa shape index (κ3) is 2.42. The van der Waals surface area contributed by atoms with Crippen LogP contribution in [0.1, 0.15) is 6.42 Å². The van der Waals surface area contributed by atoms with Gasteiger partial charge in [0.25, 0.3) is 0 Å². The minimum Gasteiger partial charge on any atom is -0.466 e. The van der Waals surface area contributed by atoms with E-state index in [0.29, 0.717) is 0 Å². The molecule has 0 heterocycles. The molecular formula is C9H10O2. The van der Waals surface area contributed by atoms with Crippen LogP contribution in [0.15, 0.2) is 36.0 Å². The highest BCUT2D eigenvalue weighted by molar-refractivity contribution is 5.82. The van der Waals surface area contributed by atoms with E-state index in [-0.39, 0.29) is 5.97 Å². The summed E-state index contributed by atoms with van der Waals surface area (Å²) in [4.78, 5) is 10.6. The summed E-state index contributed by atoms with van der Waals surface area (Å²) >= 11 is 0. The number of hydrogen-bond acceptors (Lipinski definition) is 2. The first-order valence-electron chi connectivity index (χ1n) is 3.45. The van der Waals surface area contributed by atoms with Crippen molar-refractivity contribution in [2.24, 2.45) is 0 Å². The molecule has 0 aromatic carbocycles. The molecule has 0 radical (unpaired) electrons. The normalized spacial score (nSPS) is 15.5. The van der Waals surface area contributed by atoms with Crippen LogP contribution >= 0.6 is 0 Å². The maximum Gasteiger partial charge on any atom is 0.330 e. The maximum atomic E-state index is 10.6. The Hall–Kier alpha value is -1.31. The van der Waals surface area contributed by atoms with Crippen LogP contribution in [0, 0.1) is 0 Å². The third-order valence-corrected chi connectivity index (χ3v) is 1.41. The van der Waals surface area contributed by atoms with Gasteiger partial charge in [0.15, 0.2) is 0 Å². The van der Waals surface area contributed by atoms with Gasteiger partial charge in [0.2, 0.25) is 0 Å². The Kier molecular flexibility index (Phi) is 2.66. The van der Waals surface area contributed by atoms with Crippen molar-refractivity contribution in [3.63, 3.8) is 0 Å². The van der Waals surface area contributed by atoms with E-state index in [0.717, 1.165) is 12.0 Å². The van der Waals surface area contributed by atoms with Gasteiger partial charge in [0.05, 0.1) is 7.11 Å². The van der Waals surface area contributed by atoms with Crippen LogP contribution in [-0.4, -0.2) is 13.1 Å². The molecule has 0 fully saturated rings. The summed E-state index contributed by atoms with van der Waals surface area (Å²) in [7, 11) is 1.37. The minimum absolute atomic E-state index is 0.314. The number of rotatable bonds is 2. The van der Waals surface area contributed by atoms with Gasteiger partial charge in [-0.15, -0.1) is 0 Å². The summed E-state index contributed by atoms with van der Waals surface area (Å²) in [6.07, 6.45) is 10.2. The lowest BCUT2D eigenvalue weighted by Crippen LogP contribution is -1.93. The molecule has 0 spiro atoms. The lowest BCUT2D eigenvalue weighted by molar-refractivity contribution is -0.134. The largest absolute Gasteiger partial charge is 0.466 e. The van der Waals surface area contributed by atoms with Crippen molar-refractivity contribution >= 4 is 5.97 Å². The van der Waals surface area contributed by atoms with Gasteiger partial charge in [-0.2, -0.15) is 0 Å². The first kappa shape index (κ1) is 7.79. The molecule has 0 amide bonds. The molecular weight excluding hydrogens is 140 g/mol. The summed E-state index contributed by atoms with van der Waals surface area (Å²) < 4.78 is 4.43. The Morgan fingerprint density at radius 3 is 3.09 bits per heavy atom. The summed E-state index contributed by atoms with van der Waals surface area (Å²) in [6, 6.07) is 0. The number of carbonyl (C=O) groups excluding carboxylic acids is 1. The highest BCUT2D eigenvalue weighted by atomic mass is 16.5. The van der Waals surface area contributed by atoms with Crippen molar-refractivity contribution in [2.75, 3.05) is 7.11 Å². The van der Waals surface area contributed by atoms with Gasteiger partial charge in [0, 0.05) is 6.08 Å². The average Bonchev–Trinajstić information content (AvgIpc) is 2.52. The Balaban J connectivity index is 2.47. The molecule has 58 valence electrons. The van der Waals surface area contributed by atoms with Gasteiger partial charge in [-0.05, 0) is 18.1 Å². The van der Waals surface area contributed by atoms with Crippen molar-refractivity contribution in [1.29, 1.82) is 0 Å². The Bertz CT molecular complexity index is 234. The molecule has 11 heavy (non-hydrogen) atoms. The molecule has 0 atom stereocenters. The van der Waals surface area contributed by atoms with E-state index in [1.54, 1.807) is 6.08 Å². The number of methoxy groups -OCH3 is 1. The first-order chi connectivity index (χ1) is 5.33. The van der Waals surface area contributed by atoms with E-state index >= 15 is 0 Å². The molecule has 1 aliphatic carbocycles. The topological polar surface area (TPSA) is 26.3 Å². The van der Waals surface area contributed by atoms with Gasteiger partial charge in [0.1, 0.15) is 0 Å². The van der Waals surface area contributed by atoms with E-state index in [2.05, 4.69) is 4.74 Å². The standard InChI is InChI=1S/C9H10O2/c1-11-9(10)7-6-8-4-2-3-5-8/h2,4-7H,3H2,1H3/b7-6+. The summed E-state index contributed by atoms with van der Waals surface area (Å²) in [5, 5.41) is 0. The summed E-state index contributed by atoms with van der Waals surface area (Å²) in [6.45, 7) is 0. The number of carbonyl (C=O) groups is 1. The molecule has 0 saturated carbocycles. The molecule has 0 saturated heterocycles. The minimum atomic E-state index is -0.314. The highest BCUT2D eigenvalue weighted by Gasteiger charge is 1.94. The van der Waals surface area contributed by atoms with Crippen molar-refractivity contribution in [3.05, 3.63) is 36.0 Å². The van der Waals surface area contributed by atoms with Crippen LogP contribution in [0.2, 0.25) is 0 Å². The van der Waals surface area contributed by atoms with E-state index < -0.39 is 0 Å². The van der Waals surface area contributed by atoms with E-state index in [4.69, 9.17) is 0 Å². The highest BCUT2D eigenvalue weighted by Crippen LogP contribution is 2.09. The van der Waals surface area contributed by atoms with E-state index in [1.165, 1.54) is 13.2 Å². The van der Waals surface area contributed by atoms with Gasteiger partial charge < -0.3 is 4.74 Å². The third-order valence-electron chi connectivity index (χ3n) is 1.41.